The zero-order valence-electron chi connectivity index (χ0n) is 26.2. The van der Waals surface area contributed by atoms with Gasteiger partial charge in [-0.05, 0) is 36.4 Å². The summed E-state index contributed by atoms with van der Waals surface area (Å²) in [5.74, 6) is 1.79. The third-order valence-electron chi connectivity index (χ3n) is 3.43. The Bertz CT molecular complexity index is 856. The summed E-state index contributed by atoms with van der Waals surface area (Å²) >= 11 is 0. The average Bonchev–Trinajstić information content (AvgIpc) is 3.04. The smallest absolute Gasteiger partial charge is 0.331 e. The first-order chi connectivity index (χ1) is 19.3. The molecular weight excluding hydrogens is 486 g/mol. The second-order valence-electron chi connectivity index (χ2n) is 5.43. The third-order valence-corrected chi connectivity index (χ3v) is 3.43. The Morgan fingerprint density at radius 1 is 0.308 bits per heavy atom. The van der Waals surface area contributed by atoms with E-state index in [4.69, 9.17) is 14.2 Å². The molecule has 6 heteroatoms. The van der Waals surface area contributed by atoms with E-state index >= 15 is 0 Å². The van der Waals surface area contributed by atoms with E-state index in [0.29, 0.717) is 17.2 Å². The average molecular weight is 538 g/mol. The predicted molar refractivity (Wildman–Crippen MR) is 167 cm³/mol. The maximum atomic E-state index is 5.71. The summed E-state index contributed by atoms with van der Waals surface area (Å²) in [6.45, 7) is 24.0. The van der Waals surface area contributed by atoms with Crippen molar-refractivity contribution in [1.82, 2.24) is 15.0 Å². The van der Waals surface area contributed by atoms with E-state index in [2.05, 4.69) is 15.0 Å². The molecule has 0 aliphatic rings. The van der Waals surface area contributed by atoms with Crippen LogP contribution in [-0.4, -0.2) is 15.0 Å². The van der Waals surface area contributed by atoms with Crippen molar-refractivity contribution in [2.75, 3.05) is 0 Å². The molecule has 1 heterocycles. The molecular formula is C33H51N3O3. The Morgan fingerprint density at radius 3 is 0.667 bits per heavy atom. The van der Waals surface area contributed by atoms with Gasteiger partial charge in [0.25, 0.3) is 0 Å². The van der Waals surface area contributed by atoms with Gasteiger partial charge in [0.15, 0.2) is 0 Å². The van der Waals surface area contributed by atoms with Crippen molar-refractivity contribution >= 4 is 0 Å². The van der Waals surface area contributed by atoms with Crippen molar-refractivity contribution in [1.29, 1.82) is 0 Å². The summed E-state index contributed by atoms with van der Waals surface area (Å²) in [6.07, 6.45) is 0. The molecule has 0 saturated heterocycles. The van der Waals surface area contributed by atoms with E-state index < -0.39 is 0 Å². The van der Waals surface area contributed by atoms with Crippen molar-refractivity contribution in [2.24, 2.45) is 0 Å². The lowest BCUT2D eigenvalue weighted by Gasteiger charge is -2.09. The molecule has 0 bridgehead atoms. The van der Waals surface area contributed by atoms with Crippen molar-refractivity contribution in [3.05, 3.63) is 91.0 Å². The summed E-state index contributed by atoms with van der Waals surface area (Å²) in [5.41, 5.74) is 0. The highest BCUT2D eigenvalue weighted by Crippen LogP contribution is 2.26. The van der Waals surface area contributed by atoms with Gasteiger partial charge in [-0.3, -0.25) is 0 Å². The summed E-state index contributed by atoms with van der Waals surface area (Å²) in [5, 5.41) is 0. The Morgan fingerprint density at radius 2 is 0.487 bits per heavy atom. The van der Waals surface area contributed by atoms with E-state index in [1.807, 2.05) is 138 Å². The molecule has 0 radical (unpaired) electrons. The van der Waals surface area contributed by atoms with Crippen LogP contribution >= 0.6 is 0 Å². The molecule has 6 nitrogen and oxygen atoms in total. The van der Waals surface area contributed by atoms with Crippen LogP contribution in [0.15, 0.2) is 91.0 Å². The van der Waals surface area contributed by atoms with Gasteiger partial charge in [0.05, 0.1) is 0 Å². The molecule has 0 spiro atoms. The minimum absolute atomic E-state index is 0.0769. The van der Waals surface area contributed by atoms with Gasteiger partial charge in [0.2, 0.25) is 0 Å². The molecule has 3 aromatic carbocycles. The number of nitrogens with zero attached hydrogens (tertiary/aromatic N) is 3. The van der Waals surface area contributed by atoms with Crippen molar-refractivity contribution in [2.45, 2.75) is 83.1 Å². The first kappa shape index (κ1) is 39.6. The number of para-hydroxylation sites is 3. The third kappa shape index (κ3) is 18.0. The largest absolute Gasteiger partial charge is 0.424 e. The number of ether oxygens (including phenoxy) is 3. The van der Waals surface area contributed by atoms with Gasteiger partial charge >= 0.3 is 18.0 Å². The standard InChI is InChI=1S/C21H15N3O3.6C2H6/c1-4-10-16(11-5-1)25-19-22-20(26-17-12-6-2-7-13-17)24-21(23-19)27-18-14-8-3-9-15-18;6*1-2/h1-15H;6*1-2H3. The highest BCUT2D eigenvalue weighted by Gasteiger charge is 2.12. The maximum Gasteiger partial charge on any atom is 0.331 e. The van der Waals surface area contributed by atoms with Crippen LogP contribution in [0.2, 0.25) is 0 Å². The summed E-state index contributed by atoms with van der Waals surface area (Å²) in [4.78, 5) is 12.7. The number of benzene rings is 3. The SMILES string of the molecule is CC.CC.CC.CC.CC.CC.c1ccc(Oc2nc(Oc3ccccc3)nc(Oc3ccccc3)n2)cc1. The number of rotatable bonds is 6. The zero-order valence-corrected chi connectivity index (χ0v) is 26.2. The van der Waals surface area contributed by atoms with Gasteiger partial charge in [0, 0.05) is 0 Å². The highest BCUT2D eigenvalue weighted by molar-refractivity contribution is 5.29. The second kappa shape index (κ2) is 30.3. The fourth-order valence-corrected chi connectivity index (χ4v) is 2.24. The fourth-order valence-electron chi connectivity index (χ4n) is 2.24. The van der Waals surface area contributed by atoms with E-state index in [1.165, 1.54) is 0 Å². The van der Waals surface area contributed by atoms with Crippen LogP contribution in [0.1, 0.15) is 83.1 Å². The minimum Gasteiger partial charge on any atom is -0.424 e. The van der Waals surface area contributed by atoms with Crippen LogP contribution in [0.3, 0.4) is 0 Å². The maximum absolute atomic E-state index is 5.71. The molecule has 0 unspecified atom stereocenters. The normalized spacial score (nSPS) is 8.00. The lowest BCUT2D eigenvalue weighted by Crippen LogP contribution is -2.01. The van der Waals surface area contributed by atoms with Gasteiger partial charge < -0.3 is 14.2 Å². The lowest BCUT2D eigenvalue weighted by atomic mass is 10.3. The number of hydrogen-bond acceptors (Lipinski definition) is 6. The molecule has 1 aromatic heterocycles. The number of hydrogen-bond donors (Lipinski definition) is 0. The Kier molecular flexibility index (Phi) is 30.7. The zero-order chi connectivity index (χ0) is 30.3. The lowest BCUT2D eigenvalue weighted by molar-refractivity contribution is 0.362. The summed E-state index contributed by atoms with van der Waals surface area (Å²) in [7, 11) is 0. The molecule has 0 aliphatic heterocycles. The molecule has 216 valence electrons. The van der Waals surface area contributed by atoms with Crippen LogP contribution in [0, 0.1) is 0 Å². The predicted octanol–water partition coefficient (Wildman–Crippen LogP) is 11.4. The van der Waals surface area contributed by atoms with Gasteiger partial charge in [0.1, 0.15) is 17.2 Å². The van der Waals surface area contributed by atoms with Gasteiger partial charge in [-0.15, -0.1) is 15.0 Å². The van der Waals surface area contributed by atoms with Gasteiger partial charge in [-0.25, -0.2) is 0 Å². The molecule has 39 heavy (non-hydrogen) atoms. The van der Waals surface area contributed by atoms with E-state index in [1.54, 1.807) is 36.4 Å². The van der Waals surface area contributed by atoms with Crippen molar-refractivity contribution < 1.29 is 14.2 Å². The molecule has 0 atom stereocenters. The van der Waals surface area contributed by atoms with Crippen LogP contribution in [0.5, 0.6) is 35.3 Å². The van der Waals surface area contributed by atoms with Crippen LogP contribution in [0.4, 0.5) is 0 Å². The van der Waals surface area contributed by atoms with Crippen molar-refractivity contribution in [3.8, 4) is 35.3 Å². The molecule has 0 aliphatic carbocycles. The summed E-state index contributed by atoms with van der Waals surface area (Å²) < 4.78 is 17.1. The molecule has 0 N–H and O–H groups in total. The van der Waals surface area contributed by atoms with Crippen LogP contribution in [-0.2, 0) is 0 Å². The quantitative estimate of drug-likeness (QED) is 0.244. The van der Waals surface area contributed by atoms with Gasteiger partial charge in [-0.1, -0.05) is 138 Å². The molecule has 0 saturated carbocycles. The topological polar surface area (TPSA) is 66.4 Å². The number of aromatic nitrogens is 3. The fraction of sp³-hybridized carbons (Fsp3) is 0.364. The Balaban J connectivity index is -0.000000958. The van der Waals surface area contributed by atoms with E-state index in [0.717, 1.165) is 0 Å². The Hall–Kier alpha value is -3.93. The monoisotopic (exact) mass is 537 g/mol. The highest BCUT2D eigenvalue weighted by atomic mass is 16.5. The molecule has 4 rings (SSSR count). The first-order valence-corrected chi connectivity index (χ1v) is 14.3. The van der Waals surface area contributed by atoms with Gasteiger partial charge in [-0.2, -0.15) is 0 Å². The molecule has 4 aromatic rings. The van der Waals surface area contributed by atoms with E-state index in [9.17, 15) is 0 Å². The summed E-state index contributed by atoms with van der Waals surface area (Å²) in [6, 6.07) is 27.9. The molecule has 0 amide bonds. The van der Waals surface area contributed by atoms with Crippen LogP contribution in [0.25, 0.3) is 0 Å². The van der Waals surface area contributed by atoms with Crippen molar-refractivity contribution in [3.63, 3.8) is 0 Å². The first-order valence-electron chi connectivity index (χ1n) is 14.3. The molecule has 0 fully saturated rings. The van der Waals surface area contributed by atoms with E-state index in [-0.39, 0.29) is 18.0 Å². The second-order valence-corrected chi connectivity index (χ2v) is 5.43. The minimum atomic E-state index is 0.0769. The Labute approximate surface area is 238 Å². The van der Waals surface area contributed by atoms with Crippen LogP contribution < -0.4 is 14.2 Å².